The van der Waals surface area contributed by atoms with Gasteiger partial charge in [-0.15, -0.1) is 11.6 Å². The molecule has 0 aliphatic carbocycles. The lowest BCUT2D eigenvalue weighted by Gasteiger charge is -2.20. The minimum Gasteiger partial charge on any atom is -0.372 e. The third-order valence-corrected chi connectivity index (χ3v) is 2.49. The molecule has 0 aromatic carbocycles. The van der Waals surface area contributed by atoms with Crippen LogP contribution in [0.5, 0.6) is 0 Å². The predicted molar refractivity (Wildman–Crippen MR) is 50.6 cm³/mol. The van der Waals surface area contributed by atoms with Gasteiger partial charge in [-0.2, -0.15) is 13.2 Å². The van der Waals surface area contributed by atoms with Crippen LogP contribution in [0, 0.1) is 5.41 Å². The number of ether oxygens (including phenoxy) is 1. The number of hydrogen-bond acceptors (Lipinski definition) is 1. The van der Waals surface area contributed by atoms with Crippen molar-refractivity contribution in [3.63, 3.8) is 0 Å². The van der Waals surface area contributed by atoms with E-state index in [-0.39, 0.29) is 12.0 Å². The van der Waals surface area contributed by atoms with Crippen molar-refractivity contribution in [2.45, 2.75) is 32.9 Å². The lowest BCUT2D eigenvalue weighted by molar-refractivity contribution is -0.174. The zero-order valence-corrected chi connectivity index (χ0v) is 9.21. The van der Waals surface area contributed by atoms with E-state index in [9.17, 15) is 13.2 Å². The van der Waals surface area contributed by atoms with Gasteiger partial charge < -0.3 is 4.74 Å². The van der Waals surface area contributed by atoms with E-state index in [2.05, 4.69) is 4.74 Å². The van der Waals surface area contributed by atoms with Gasteiger partial charge in [-0.05, 0) is 18.3 Å². The first-order valence-corrected chi connectivity index (χ1v) is 5.01. The Bertz CT molecular complexity index is 157. The minimum absolute atomic E-state index is 0.0247. The van der Waals surface area contributed by atoms with E-state index in [1.807, 2.05) is 13.8 Å². The van der Waals surface area contributed by atoms with E-state index in [1.54, 1.807) is 0 Å². The fourth-order valence-corrected chi connectivity index (χ4v) is 1.04. The molecule has 1 nitrogen and oxygen atoms in total. The average molecular weight is 233 g/mol. The van der Waals surface area contributed by atoms with Gasteiger partial charge in [0, 0.05) is 12.5 Å². The van der Waals surface area contributed by atoms with Gasteiger partial charge in [0.25, 0.3) is 0 Å². The van der Waals surface area contributed by atoms with Gasteiger partial charge in [0.2, 0.25) is 0 Å². The molecule has 0 aromatic heterocycles. The van der Waals surface area contributed by atoms with Gasteiger partial charge in [0.15, 0.2) is 0 Å². The van der Waals surface area contributed by atoms with Crippen LogP contribution >= 0.6 is 11.6 Å². The first-order valence-electron chi connectivity index (χ1n) is 4.47. The molecular formula is C9H16ClF3O. The van der Waals surface area contributed by atoms with Crippen molar-refractivity contribution in [3.05, 3.63) is 0 Å². The summed E-state index contributed by atoms with van der Waals surface area (Å²) in [6.45, 7) is 2.93. The molecular weight excluding hydrogens is 217 g/mol. The Morgan fingerprint density at radius 1 is 1.21 bits per heavy atom. The van der Waals surface area contributed by atoms with Crippen LogP contribution in [-0.4, -0.2) is 25.3 Å². The molecule has 0 spiro atoms. The third-order valence-electron chi connectivity index (χ3n) is 1.77. The van der Waals surface area contributed by atoms with Crippen LogP contribution in [0.4, 0.5) is 13.2 Å². The van der Waals surface area contributed by atoms with Crippen LogP contribution in [0.1, 0.15) is 26.7 Å². The van der Waals surface area contributed by atoms with E-state index < -0.39 is 12.8 Å². The quantitative estimate of drug-likeness (QED) is 0.502. The van der Waals surface area contributed by atoms with Crippen molar-refractivity contribution >= 4 is 11.6 Å². The third kappa shape index (κ3) is 8.63. The van der Waals surface area contributed by atoms with Gasteiger partial charge in [0.05, 0.1) is 0 Å². The summed E-state index contributed by atoms with van der Waals surface area (Å²) in [6, 6.07) is 0. The van der Waals surface area contributed by atoms with Gasteiger partial charge in [-0.3, -0.25) is 0 Å². The Morgan fingerprint density at radius 3 is 2.21 bits per heavy atom. The van der Waals surface area contributed by atoms with Gasteiger partial charge in [-0.25, -0.2) is 0 Å². The van der Waals surface area contributed by atoms with Crippen LogP contribution in [0.15, 0.2) is 0 Å². The molecule has 0 N–H and O–H groups in total. The maximum atomic E-state index is 11.6. The molecule has 0 heterocycles. The first-order chi connectivity index (χ1) is 6.27. The standard InChI is InChI=1S/C9H16ClF3O/c1-8(2,6-10)4-3-5-14-7-9(11,12)13/h3-7H2,1-2H3. The number of hydrogen-bond donors (Lipinski definition) is 0. The molecule has 0 rings (SSSR count). The molecule has 0 unspecified atom stereocenters. The van der Waals surface area contributed by atoms with Crippen LogP contribution in [0.3, 0.4) is 0 Å². The van der Waals surface area contributed by atoms with Crippen molar-refractivity contribution in [1.29, 1.82) is 0 Å². The summed E-state index contributed by atoms with van der Waals surface area (Å²) in [6.07, 6.45) is -2.84. The zero-order valence-electron chi connectivity index (χ0n) is 8.46. The molecule has 0 saturated carbocycles. The Kier molecular flexibility index (Phi) is 5.83. The molecule has 0 aliphatic rings. The molecule has 5 heteroatoms. The topological polar surface area (TPSA) is 9.23 Å². The van der Waals surface area contributed by atoms with E-state index in [0.29, 0.717) is 12.3 Å². The van der Waals surface area contributed by atoms with E-state index in [0.717, 1.165) is 6.42 Å². The Balaban J connectivity index is 3.39. The molecule has 0 aromatic rings. The van der Waals surface area contributed by atoms with Crippen molar-refractivity contribution < 1.29 is 17.9 Å². The second kappa shape index (κ2) is 5.81. The predicted octanol–water partition coefficient (Wildman–Crippen LogP) is 3.61. The van der Waals surface area contributed by atoms with Gasteiger partial charge in [0.1, 0.15) is 6.61 Å². The van der Waals surface area contributed by atoms with Crippen LogP contribution in [0.2, 0.25) is 0 Å². The lowest BCUT2D eigenvalue weighted by Crippen LogP contribution is -2.19. The SMILES string of the molecule is CC(C)(CCl)CCCOCC(F)(F)F. The van der Waals surface area contributed by atoms with Gasteiger partial charge >= 0.3 is 6.18 Å². The van der Waals surface area contributed by atoms with Crippen LogP contribution in [-0.2, 0) is 4.74 Å². The van der Waals surface area contributed by atoms with Crippen LogP contribution < -0.4 is 0 Å². The molecule has 0 fully saturated rings. The van der Waals surface area contributed by atoms with E-state index in [1.165, 1.54) is 0 Å². The summed E-state index contributed by atoms with van der Waals surface area (Å²) in [7, 11) is 0. The Hall–Kier alpha value is 0.0400. The normalized spacial score (nSPS) is 13.3. The van der Waals surface area contributed by atoms with Crippen LogP contribution in [0.25, 0.3) is 0 Å². The number of alkyl halides is 4. The molecule has 14 heavy (non-hydrogen) atoms. The summed E-state index contributed by atoms with van der Waals surface area (Å²) >= 11 is 5.66. The largest absolute Gasteiger partial charge is 0.411 e. The second-order valence-corrected chi connectivity index (χ2v) is 4.34. The number of rotatable bonds is 6. The van der Waals surface area contributed by atoms with Crippen molar-refractivity contribution in [1.82, 2.24) is 0 Å². The summed E-state index contributed by atoms with van der Waals surface area (Å²) in [4.78, 5) is 0. The smallest absolute Gasteiger partial charge is 0.372 e. The molecule has 0 radical (unpaired) electrons. The highest BCUT2D eigenvalue weighted by molar-refractivity contribution is 6.18. The van der Waals surface area contributed by atoms with Gasteiger partial charge in [-0.1, -0.05) is 13.8 Å². The summed E-state index contributed by atoms with van der Waals surface area (Å²) in [5.41, 5.74) is -0.0247. The highest BCUT2D eigenvalue weighted by Gasteiger charge is 2.27. The maximum absolute atomic E-state index is 11.6. The maximum Gasteiger partial charge on any atom is 0.411 e. The number of halogens is 4. The zero-order chi connectivity index (χ0) is 11.2. The highest BCUT2D eigenvalue weighted by atomic mass is 35.5. The molecule has 0 aliphatic heterocycles. The monoisotopic (exact) mass is 232 g/mol. The molecule has 86 valence electrons. The summed E-state index contributed by atoms with van der Waals surface area (Å²) < 4.78 is 39.4. The Labute approximate surface area is 87.6 Å². The first kappa shape index (κ1) is 14.0. The lowest BCUT2D eigenvalue weighted by atomic mass is 9.90. The summed E-state index contributed by atoms with van der Waals surface area (Å²) in [5.74, 6) is 0.506. The molecule has 0 bridgehead atoms. The highest BCUT2D eigenvalue weighted by Crippen LogP contribution is 2.23. The average Bonchev–Trinajstić information content (AvgIpc) is 2.01. The molecule has 0 amide bonds. The fraction of sp³-hybridized carbons (Fsp3) is 1.00. The second-order valence-electron chi connectivity index (χ2n) is 4.07. The fourth-order valence-electron chi connectivity index (χ4n) is 0.907. The van der Waals surface area contributed by atoms with E-state index >= 15 is 0 Å². The molecule has 0 saturated heterocycles. The van der Waals surface area contributed by atoms with Crippen molar-refractivity contribution in [3.8, 4) is 0 Å². The minimum atomic E-state index is -4.22. The van der Waals surface area contributed by atoms with E-state index in [4.69, 9.17) is 11.6 Å². The molecule has 0 atom stereocenters. The summed E-state index contributed by atoms with van der Waals surface area (Å²) in [5, 5.41) is 0. The van der Waals surface area contributed by atoms with Crippen molar-refractivity contribution in [2.24, 2.45) is 5.41 Å². The Morgan fingerprint density at radius 2 is 1.79 bits per heavy atom. The van der Waals surface area contributed by atoms with Crippen molar-refractivity contribution in [2.75, 3.05) is 19.1 Å².